The van der Waals surface area contributed by atoms with E-state index in [1.54, 1.807) is 0 Å². The minimum Gasteiger partial charge on any atom is -0.480 e. The van der Waals surface area contributed by atoms with E-state index in [0.717, 1.165) is 4.68 Å². The largest absolute Gasteiger partial charge is 0.480 e. The van der Waals surface area contributed by atoms with E-state index in [2.05, 4.69) is 5.10 Å². The van der Waals surface area contributed by atoms with Gasteiger partial charge in [0, 0.05) is 18.9 Å². The van der Waals surface area contributed by atoms with Gasteiger partial charge in [-0.1, -0.05) is 6.92 Å². The molecule has 2 unspecified atom stereocenters. The van der Waals surface area contributed by atoms with Gasteiger partial charge in [0.25, 0.3) is 11.5 Å². The fourth-order valence-corrected chi connectivity index (χ4v) is 3.44. The van der Waals surface area contributed by atoms with E-state index in [4.69, 9.17) is 0 Å². The van der Waals surface area contributed by atoms with Crippen LogP contribution in [0.25, 0.3) is 0 Å². The molecule has 1 fully saturated rings. The van der Waals surface area contributed by atoms with Gasteiger partial charge in [0.15, 0.2) is 0 Å². The molecule has 1 aromatic rings. The van der Waals surface area contributed by atoms with Gasteiger partial charge in [0.2, 0.25) is 0 Å². The monoisotopic (exact) mass is 297 g/mol. The summed E-state index contributed by atoms with van der Waals surface area (Å²) in [5.41, 5.74) is -0.238. The van der Waals surface area contributed by atoms with Gasteiger partial charge in [0.1, 0.15) is 11.7 Å². The van der Waals surface area contributed by atoms with Crippen LogP contribution in [0.3, 0.4) is 0 Å². The third-order valence-corrected chi connectivity index (χ3v) is 4.59. The number of hydrogen-bond donors (Lipinski definition) is 1. The molecule has 0 saturated carbocycles. The summed E-state index contributed by atoms with van der Waals surface area (Å²) in [5.74, 6) is -1.11. The van der Waals surface area contributed by atoms with E-state index < -0.39 is 17.9 Å². The van der Waals surface area contributed by atoms with Crippen molar-refractivity contribution >= 4 is 23.6 Å². The lowest BCUT2D eigenvalue weighted by atomic mass is 10.2. The molecule has 0 radical (unpaired) electrons. The first-order valence-corrected chi connectivity index (χ1v) is 7.22. The maximum atomic E-state index is 12.5. The van der Waals surface area contributed by atoms with Crippen molar-refractivity contribution < 1.29 is 14.7 Å². The van der Waals surface area contributed by atoms with E-state index >= 15 is 0 Å². The Hall–Kier alpha value is -1.83. The lowest BCUT2D eigenvalue weighted by Crippen LogP contribution is -2.46. The Labute approximate surface area is 119 Å². The van der Waals surface area contributed by atoms with Crippen molar-refractivity contribution in [3.8, 4) is 0 Å². The van der Waals surface area contributed by atoms with Gasteiger partial charge >= 0.3 is 5.97 Å². The predicted molar refractivity (Wildman–Crippen MR) is 73.6 cm³/mol. The third-order valence-electron chi connectivity index (χ3n) is 3.14. The number of carbonyl (C=O) groups is 2. The second-order valence-electron chi connectivity index (χ2n) is 4.44. The van der Waals surface area contributed by atoms with Crippen LogP contribution in [0.5, 0.6) is 0 Å². The zero-order valence-electron chi connectivity index (χ0n) is 11.1. The summed E-state index contributed by atoms with van der Waals surface area (Å²) in [6.45, 7) is 1.90. The molecule has 108 valence electrons. The first-order valence-electron chi connectivity index (χ1n) is 6.17. The number of amides is 1. The molecule has 8 heteroatoms. The summed E-state index contributed by atoms with van der Waals surface area (Å²) in [7, 11) is 1.45. The number of carboxylic acid groups (broad SMARTS) is 1. The van der Waals surface area contributed by atoms with Gasteiger partial charge in [0.05, 0.1) is 5.37 Å². The van der Waals surface area contributed by atoms with Crippen LogP contribution in [0.4, 0.5) is 0 Å². The first-order chi connectivity index (χ1) is 9.45. The summed E-state index contributed by atoms with van der Waals surface area (Å²) < 4.78 is 1.06. The smallest absolute Gasteiger partial charge is 0.327 e. The van der Waals surface area contributed by atoms with Gasteiger partial charge < -0.3 is 10.0 Å². The summed E-state index contributed by atoms with van der Waals surface area (Å²) in [6, 6.07) is 1.73. The Bertz CT molecular complexity index is 601. The van der Waals surface area contributed by atoms with Crippen molar-refractivity contribution in [1.82, 2.24) is 14.7 Å². The third kappa shape index (κ3) is 2.55. The van der Waals surface area contributed by atoms with Crippen LogP contribution >= 0.6 is 11.8 Å². The van der Waals surface area contributed by atoms with Crippen molar-refractivity contribution in [3.05, 3.63) is 28.2 Å². The van der Waals surface area contributed by atoms with Crippen molar-refractivity contribution in [2.75, 3.05) is 5.75 Å². The molecule has 7 nitrogen and oxygen atoms in total. The molecule has 0 aliphatic carbocycles. The molecule has 1 saturated heterocycles. The Morgan fingerprint density at radius 1 is 1.50 bits per heavy atom. The Kier molecular flexibility index (Phi) is 4.12. The molecule has 20 heavy (non-hydrogen) atoms. The highest BCUT2D eigenvalue weighted by atomic mass is 32.2. The van der Waals surface area contributed by atoms with Gasteiger partial charge in [-0.15, -0.1) is 11.8 Å². The lowest BCUT2D eigenvalue weighted by Gasteiger charge is -2.26. The summed E-state index contributed by atoms with van der Waals surface area (Å²) in [5, 5.41) is 12.9. The highest BCUT2D eigenvalue weighted by molar-refractivity contribution is 8.00. The highest BCUT2D eigenvalue weighted by Gasteiger charge is 2.41. The van der Waals surface area contributed by atoms with Gasteiger partial charge in [-0.2, -0.15) is 5.10 Å². The highest BCUT2D eigenvalue weighted by Crippen LogP contribution is 2.32. The van der Waals surface area contributed by atoms with E-state index in [-0.39, 0.29) is 16.6 Å². The van der Waals surface area contributed by atoms with E-state index in [1.807, 2.05) is 6.92 Å². The number of aliphatic carboxylic acids is 1. The minimum atomic E-state index is -1.02. The molecule has 0 spiro atoms. The van der Waals surface area contributed by atoms with Crippen LogP contribution in [0, 0.1) is 0 Å². The minimum absolute atomic E-state index is 0.0827. The predicted octanol–water partition coefficient (Wildman–Crippen LogP) is 0.159. The van der Waals surface area contributed by atoms with E-state index in [9.17, 15) is 19.5 Å². The van der Waals surface area contributed by atoms with Crippen molar-refractivity contribution in [3.63, 3.8) is 0 Å². The summed E-state index contributed by atoms with van der Waals surface area (Å²) >= 11 is 1.45. The lowest BCUT2D eigenvalue weighted by molar-refractivity contribution is -0.141. The molecule has 0 bridgehead atoms. The molecule has 1 amide bonds. The van der Waals surface area contributed by atoms with Crippen LogP contribution in [-0.2, 0) is 11.8 Å². The van der Waals surface area contributed by atoms with E-state index in [1.165, 1.54) is 35.8 Å². The molecule has 1 aliphatic rings. The van der Waals surface area contributed by atoms with Gasteiger partial charge in [-0.05, 0) is 12.5 Å². The van der Waals surface area contributed by atoms with Crippen molar-refractivity contribution in [2.24, 2.45) is 7.05 Å². The normalized spacial score (nSPS) is 22.0. The number of hydrogen-bond acceptors (Lipinski definition) is 5. The number of carbonyl (C=O) groups excluding carboxylic acids is 1. The van der Waals surface area contributed by atoms with Gasteiger partial charge in [-0.25, -0.2) is 9.48 Å². The zero-order valence-corrected chi connectivity index (χ0v) is 12.0. The van der Waals surface area contributed by atoms with Gasteiger partial charge in [-0.3, -0.25) is 9.59 Å². The Balaban J connectivity index is 2.35. The Morgan fingerprint density at radius 3 is 2.75 bits per heavy atom. The molecule has 2 rings (SSSR count). The van der Waals surface area contributed by atoms with Crippen molar-refractivity contribution in [2.45, 2.75) is 24.8 Å². The first kappa shape index (κ1) is 14.6. The second kappa shape index (κ2) is 5.66. The van der Waals surface area contributed by atoms with Crippen LogP contribution in [-0.4, -0.2) is 48.8 Å². The van der Waals surface area contributed by atoms with Crippen molar-refractivity contribution in [1.29, 1.82) is 0 Å². The number of nitrogens with zero attached hydrogens (tertiary/aromatic N) is 3. The molecule has 1 aliphatic heterocycles. The fourth-order valence-electron chi connectivity index (χ4n) is 2.09. The van der Waals surface area contributed by atoms with Crippen LogP contribution < -0.4 is 5.56 Å². The second-order valence-corrected chi connectivity index (χ2v) is 5.65. The van der Waals surface area contributed by atoms with E-state index in [0.29, 0.717) is 12.2 Å². The number of rotatable bonds is 3. The number of carboxylic acids is 1. The topological polar surface area (TPSA) is 92.5 Å². The average Bonchev–Trinajstić information content (AvgIpc) is 2.85. The fraction of sp³-hybridized carbons (Fsp3) is 0.500. The zero-order chi connectivity index (χ0) is 14.9. The van der Waals surface area contributed by atoms with Crippen LogP contribution in [0.15, 0.2) is 16.9 Å². The molecular formula is C12H15N3O4S. The molecule has 2 atom stereocenters. The molecule has 2 heterocycles. The summed E-state index contributed by atoms with van der Waals surface area (Å²) in [4.78, 5) is 36.3. The number of aromatic nitrogens is 2. The van der Waals surface area contributed by atoms with Crippen LogP contribution in [0.2, 0.25) is 0 Å². The molecular weight excluding hydrogens is 282 g/mol. The maximum absolute atomic E-state index is 12.5. The average molecular weight is 297 g/mol. The molecule has 0 aromatic carbocycles. The Morgan fingerprint density at radius 2 is 2.20 bits per heavy atom. The number of thioether (sulfide) groups is 1. The molecule has 1 N–H and O–H groups in total. The van der Waals surface area contributed by atoms with Crippen LogP contribution in [0.1, 0.15) is 23.8 Å². The SMILES string of the molecule is CCC1SCC(C(=O)O)N1C(=O)c1ccc(=O)n(C)n1. The molecule has 1 aromatic heterocycles. The standard InChI is InChI=1S/C12H15N3O4S/c1-3-10-15(8(6-20-10)12(18)19)11(17)7-4-5-9(16)14(2)13-7/h4-5,8,10H,3,6H2,1-2H3,(H,18,19). The quantitative estimate of drug-likeness (QED) is 0.854. The summed E-state index contributed by atoms with van der Waals surface area (Å²) in [6.07, 6.45) is 0.659. The maximum Gasteiger partial charge on any atom is 0.327 e. The number of aryl methyl sites for hydroxylation is 1.